The summed E-state index contributed by atoms with van der Waals surface area (Å²) < 4.78 is 0. The van der Waals surface area contributed by atoms with Crippen LogP contribution >= 0.6 is 11.3 Å². The topological polar surface area (TPSA) is 83.8 Å². The van der Waals surface area contributed by atoms with E-state index in [1.165, 1.54) is 0 Å². The Bertz CT molecular complexity index is 1020. The first-order valence-corrected chi connectivity index (χ1v) is 8.27. The predicted octanol–water partition coefficient (Wildman–Crippen LogP) is 4.13. The number of fused-ring (bicyclic) bond motifs is 1. The summed E-state index contributed by atoms with van der Waals surface area (Å²) in [7, 11) is 0. The van der Waals surface area contributed by atoms with Gasteiger partial charge in [0.15, 0.2) is 0 Å². The number of nitrogens with two attached hydrogens (primary N) is 1. The van der Waals surface area contributed by atoms with Crippen molar-refractivity contribution in [1.29, 1.82) is 0 Å². The summed E-state index contributed by atoms with van der Waals surface area (Å²) >= 11 is 1.63. The average molecular weight is 334 g/mol. The molecule has 0 aliphatic rings. The molecular formula is C18H14N4OS. The Morgan fingerprint density at radius 3 is 2.83 bits per heavy atom. The lowest BCUT2D eigenvalue weighted by molar-refractivity contribution is 0.102. The number of nitrogens with one attached hydrogen (secondary N) is 2. The van der Waals surface area contributed by atoms with Gasteiger partial charge in [-0.1, -0.05) is 12.1 Å². The minimum Gasteiger partial charge on any atom is -0.399 e. The number of amides is 1. The van der Waals surface area contributed by atoms with Gasteiger partial charge in [-0.2, -0.15) is 0 Å². The van der Waals surface area contributed by atoms with Gasteiger partial charge in [-0.15, -0.1) is 11.3 Å². The number of thiophene rings is 1. The van der Waals surface area contributed by atoms with Gasteiger partial charge in [-0.05, 0) is 47.8 Å². The summed E-state index contributed by atoms with van der Waals surface area (Å²) in [5.74, 6) is 0.638. The smallest absolute Gasteiger partial charge is 0.255 e. The van der Waals surface area contributed by atoms with Gasteiger partial charge in [0, 0.05) is 16.9 Å². The SMILES string of the molecule is Nc1cccc(C(=O)Nc2ccc3nc(-c4cccs4)[nH]c3c2)c1. The minimum atomic E-state index is -0.195. The van der Waals surface area contributed by atoms with Crippen LogP contribution in [0.15, 0.2) is 60.0 Å². The molecule has 0 aliphatic heterocycles. The van der Waals surface area contributed by atoms with Crippen LogP contribution in [0.3, 0.4) is 0 Å². The van der Waals surface area contributed by atoms with Crippen molar-refractivity contribution >= 4 is 39.7 Å². The second-order valence-electron chi connectivity index (χ2n) is 5.37. The zero-order chi connectivity index (χ0) is 16.5. The zero-order valence-corrected chi connectivity index (χ0v) is 13.4. The highest BCUT2D eigenvalue weighted by Crippen LogP contribution is 2.26. The summed E-state index contributed by atoms with van der Waals surface area (Å²) in [6.07, 6.45) is 0. The maximum absolute atomic E-state index is 12.3. The molecular weight excluding hydrogens is 320 g/mol. The monoisotopic (exact) mass is 334 g/mol. The highest BCUT2D eigenvalue weighted by Gasteiger charge is 2.09. The molecule has 4 rings (SSSR count). The van der Waals surface area contributed by atoms with E-state index in [1.807, 2.05) is 35.7 Å². The van der Waals surface area contributed by atoms with Crippen molar-refractivity contribution in [3.8, 4) is 10.7 Å². The number of carbonyl (C=O) groups excluding carboxylic acids is 1. The van der Waals surface area contributed by atoms with Crippen molar-refractivity contribution in [1.82, 2.24) is 9.97 Å². The van der Waals surface area contributed by atoms with Crippen molar-refractivity contribution < 1.29 is 4.79 Å². The summed E-state index contributed by atoms with van der Waals surface area (Å²) in [6, 6.07) is 16.5. The predicted molar refractivity (Wildman–Crippen MR) is 98.2 cm³/mol. The summed E-state index contributed by atoms with van der Waals surface area (Å²) in [5, 5.41) is 4.90. The first-order valence-electron chi connectivity index (χ1n) is 7.39. The normalized spacial score (nSPS) is 10.8. The Hall–Kier alpha value is -3.12. The number of aromatic amines is 1. The van der Waals surface area contributed by atoms with E-state index in [0.717, 1.165) is 21.7 Å². The maximum Gasteiger partial charge on any atom is 0.255 e. The molecule has 0 saturated carbocycles. The fraction of sp³-hybridized carbons (Fsp3) is 0. The number of aromatic nitrogens is 2. The number of imidazole rings is 1. The lowest BCUT2D eigenvalue weighted by Gasteiger charge is -2.05. The van der Waals surface area contributed by atoms with Gasteiger partial charge in [0.1, 0.15) is 5.82 Å². The highest BCUT2D eigenvalue weighted by molar-refractivity contribution is 7.13. The largest absolute Gasteiger partial charge is 0.399 e. The first-order chi connectivity index (χ1) is 11.7. The Morgan fingerprint density at radius 1 is 1.12 bits per heavy atom. The van der Waals surface area contributed by atoms with Crippen LogP contribution in [-0.2, 0) is 0 Å². The second kappa shape index (κ2) is 5.82. The number of hydrogen-bond donors (Lipinski definition) is 3. The van der Waals surface area contributed by atoms with Crippen LogP contribution in [0.1, 0.15) is 10.4 Å². The van der Waals surface area contributed by atoms with Crippen LogP contribution < -0.4 is 11.1 Å². The number of nitrogens with zero attached hydrogens (tertiary/aromatic N) is 1. The molecule has 1 amide bonds. The van der Waals surface area contributed by atoms with E-state index in [4.69, 9.17) is 5.73 Å². The van der Waals surface area contributed by atoms with Gasteiger partial charge in [0.2, 0.25) is 0 Å². The van der Waals surface area contributed by atoms with E-state index < -0.39 is 0 Å². The summed E-state index contributed by atoms with van der Waals surface area (Å²) in [4.78, 5) is 21.2. The molecule has 0 aliphatic carbocycles. The third kappa shape index (κ3) is 2.75. The van der Waals surface area contributed by atoms with E-state index in [2.05, 4.69) is 15.3 Å². The molecule has 118 valence electrons. The molecule has 5 nitrogen and oxygen atoms in total. The van der Waals surface area contributed by atoms with Crippen LogP contribution in [0.25, 0.3) is 21.7 Å². The molecule has 0 fully saturated rings. The quantitative estimate of drug-likeness (QED) is 0.493. The van der Waals surface area contributed by atoms with Crippen molar-refractivity contribution in [2.24, 2.45) is 0 Å². The Morgan fingerprint density at radius 2 is 2.04 bits per heavy atom. The fourth-order valence-corrected chi connectivity index (χ4v) is 3.17. The van der Waals surface area contributed by atoms with Crippen molar-refractivity contribution in [2.75, 3.05) is 11.1 Å². The van der Waals surface area contributed by atoms with E-state index in [1.54, 1.807) is 35.6 Å². The molecule has 0 atom stereocenters. The molecule has 2 aromatic heterocycles. The lowest BCUT2D eigenvalue weighted by atomic mass is 10.2. The van der Waals surface area contributed by atoms with Crippen molar-refractivity contribution in [3.63, 3.8) is 0 Å². The number of rotatable bonds is 3. The fourth-order valence-electron chi connectivity index (χ4n) is 2.50. The number of nitrogen functional groups attached to an aromatic ring is 1. The van der Waals surface area contributed by atoms with E-state index in [-0.39, 0.29) is 5.91 Å². The van der Waals surface area contributed by atoms with Crippen LogP contribution in [0.4, 0.5) is 11.4 Å². The number of benzene rings is 2. The van der Waals surface area contributed by atoms with Crippen LogP contribution in [0.5, 0.6) is 0 Å². The maximum atomic E-state index is 12.3. The van der Waals surface area contributed by atoms with Crippen molar-refractivity contribution in [2.45, 2.75) is 0 Å². The highest BCUT2D eigenvalue weighted by atomic mass is 32.1. The third-order valence-electron chi connectivity index (χ3n) is 3.64. The van der Waals surface area contributed by atoms with Gasteiger partial charge in [0.05, 0.1) is 15.9 Å². The number of hydrogen-bond acceptors (Lipinski definition) is 4. The van der Waals surface area contributed by atoms with Gasteiger partial charge in [-0.25, -0.2) is 4.98 Å². The van der Waals surface area contributed by atoms with E-state index >= 15 is 0 Å². The number of H-pyrrole nitrogens is 1. The van der Waals surface area contributed by atoms with Gasteiger partial charge in [0.25, 0.3) is 5.91 Å². The summed E-state index contributed by atoms with van der Waals surface area (Å²) in [5.41, 5.74) is 9.26. The second-order valence-corrected chi connectivity index (χ2v) is 6.32. The zero-order valence-electron chi connectivity index (χ0n) is 12.6. The molecule has 2 aromatic carbocycles. The third-order valence-corrected chi connectivity index (χ3v) is 4.52. The molecule has 0 saturated heterocycles. The molecule has 4 aromatic rings. The molecule has 6 heteroatoms. The molecule has 24 heavy (non-hydrogen) atoms. The van der Waals surface area contributed by atoms with Crippen LogP contribution in [0, 0.1) is 0 Å². The molecule has 0 bridgehead atoms. The Labute approximate surface area is 142 Å². The van der Waals surface area contributed by atoms with Gasteiger partial charge in [-0.3, -0.25) is 4.79 Å². The molecule has 0 unspecified atom stereocenters. The lowest BCUT2D eigenvalue weighted by Crippen LogP contribution is -2.12. The van der Waals surface area contributed by atoms with Crippen LogP contribution in [-0.4, -0.2) is 15.9 Å². The van der Waals surface area contributed by atoms with Crippen molar-refractivity contribution in [3.05, 3.63) is 65.5 Å². The summed E-state index contributed by atoms with van der Waals surface area (Å²) in [6.45, 7) is 0. The van der Waals surface area contributed by atoms with Gasteiger partial charge >= 0.3 is 0 Å². The van der Waals surface area contributed by atoms with Gasteiger partial charge < -0.3 is 16.0 Å². The van der Waals surface area contributed by atoms with E-state index in [9.17, 15) is 4.79 Å². The average Bonchev–Trinajstić information content (AvgIpc) is 3.23. The first kappa shape index (κ1) is 14.5. The number of anilines is 2. The minimum absolute atomic E-state index is 0.195. The number of carbonyl (C=O) groups is 1. The Kier molecular flexibility index (Phi) is 3.51. The van der Waals surface area contributed by atoms with E-state index in [0.29, 0.717) is 16.9 Å². The Balaban J connectivity index is 1.62. The molecule has 4 N–H and O–H groups in total. The van der Waals surface area contributed by atoms with Crippen LogP contribution in [0.2, 0.25) is 0 Å². The standard InChI is InChI=1S/C18H14N4OS/c19-12-4-1-3-11(9-12)18(23)20-13-6-7-14-15(10-13)22-17(21-14)16-5-2-8-24-16/h1-10H,19H2,(H,20,23)(H,21,22). The molecule has 2 heterocycles. The molecule has 0 radical (unpaired) electrons. The molecule has 0 spiro atoms.